The number of hydrogen-bond acceptors (Lipinski definition) is 5. The van der Waals surface area contributed by atoms with Gasteiger partial charge in [0.2, 0.25) is 0 Å². The number of nitrogens with one attached hydrogen (secondary N) is 1. The van der Waals surface area contributed by atoms with Crippen molar-refractivity contribution in [3.05, 3.63) is 45.9 Å². The fourth-order valence-corrected chi connectivity index (χ4v) is 3.30. The summed E-state index contributed by atoms with van der Waals surface area (Å²) in [7, 11) is 0. The van der Waals surface area contributed by atoms with Crippen molar-refractivity contribution >= 4 is 46.6 Å². The molecule has 25 heavy (non-hydrogen) atoms. The van der Waals surface area contributed by atoms with Crippen molar-refractivity contribution in [2.75, 3.05) is 0 Å². The van der Waals surface area contributed by atoms with Crippen molar-refractivity contribution in [1.29, 1.82) is 0 Å². The maximum absolute atomic E-state index is 11.9. The number of rotatable bonds is 6. The molecule has 1 saturated heterocycles. The maximum atomic E-state index is 11.9. The zero-order valence-electron chi connectivity index (χ0n) is 14.7. The molecule has 1 heterocycles. The molecule has 132 valence electrons. The van der Waals surface area contributed by atoms with E-state index in [-0.39, 0.29) is 5.91 Å². The number of allylic oxidation sites excluding steroid dienone is 2. The largest absolute Gasteiger partial charge is 0.483 e. The second-order valence-electron chi connectivity index (χ2n) is 6.10. The minimum Gasteiger partial charge on any atom is -0.483 e. The van der Waals surface area contributed by atoms with Gasteiger partial charge in [0.1, 0.15) is 10.1 Å². The third-order valence-corrected chi connectivity index (χ3v) is 5.04. The number of carbonyl (C=O) groups excluding carboxylic acids is 2. The molecule has 1 aliphatic heterocycles. The number of aldehydes is 1. The normalized spacial score (nSPS) is 17.8. The van der Waals surface area contributed by atoms with Crippen LogP contribution in [-0.2, 0) is 9.59 Å². The number of carbonyl (C=O) groups is 2. The summed E-state index contributed by atoms with van der Waals surface area (Å²) < 4.78 is 6.16. The fourth-order valence-electron chi connectivity index (χ4n) is 2.26. The van der Waals surface area contributed by atoms with E-state index < -0.39 is 6.10 Å². The third kappa shape index (κ3) is 5.03. The Kier molecular flexibility index (Phi) is 6.56. The molecule has 0 aromatic heterocycles. The van der Waals surface area contributed by atoms with Crippen molar-refractivity contribution in [1.82, 2.24) is 5.32 Å². The van der Waals surface area contributed by atoms with Crippen molar-refractivity contribution in [2.24, 2.45) is 0 Å². The zero-order chi connectivity index (χ0) is 18.6. The Morgan fingerprint density at radius 3 is 2.60 bits per heavy atom. The first-order valence-electron chi connectivity index (χ1n) is 7.99. The first-order chi connectivity index (χ1) is 11.8. The van der Waals surface area contributed by atoms with Crippen LogP contribution in [-0.4, -0.2) is 22.6 Å². The van der Waals surface area contributed by atoms with Crippen molar-refractivity contribution in [2.45, 2.75) is 39.7 Å². The monoisotopic (exact) mass is 375 g/mol. The van der Waals surface area contributed by atoms with Crippen LogP contribution >= 0.6 is 24.0 Å². The minimum atomic E-state index is -0.523. The van der Waals surface area contributed by atoms with Crippen molar-refractivity contribution in [3.63, 3.8) is 0 Å². The molecule has 1 atom stereocenters. The van der Waals surface area contributed by atoms with Crippen LogP contribution in [0.25, 0.3) is 6.08 Å². The second-order valence-corrected chi connectivity index (χ2v) is 7.79. The molecular weight excluding hydrogens is 354 g/mol. The Bertz CT molecular complexity index is 766. The molecule has 1 unspecified atom stereocenters. The predicted octanol–water partition coefficient (Wildman–Crippen LogP) is 4.21. The van der Waals surface area contributed by atoms with Crippen LogP contribution in [0.3, 0.4) is 0 Å². The summed E-state index contributed by atoms with van der Waals surface area (Å²) in [6.07, 6.45) is 4.01. The number of amides is 1. The second kappa shape index (κ2) is 8.45. The summed E-state index contributed by atoms with van der Waals surface area (Å²) in [5, 5.41) is 2.62. The molecule has 4 nitrogen and oxygen atoms in total. The molecule has 1 aliphatic rings. The first-order valence-corrected chi connectivity index (χ1v) is 9.22. The van der Waals surface area contributed by atoms with E-state index in [9.17, 15) is 9.59 Å². The molecule has 1 aromatic carbocycles. The SMILES string of the molecule is CC(C=Cc1cc(C(C)C)ccc1OC(C)C=O)=C1SC(=S)NC1=O. The van der Waals surface area contributed by atoms with Crippen LogP contribution in [0, 0.1) is 0 Å². The molecule has 1 fully saturated rings. The van der Waals surface area contributed by atoms with Crippen LogP contribution in [0.5, 0.6) is 5.75 Å². The highest BCUT2D eigenvalue weighted by Gasteiger charge is 2.23. The number of ether oxygens (including phenoxy) is 1. The molecule has 0 radical (unpaired) electrons. The van der Waals surface area contributed by atoms with E-state index in [1.54, 1.807) is 6.92 Å². The predicted molar refractivity (Wildman–Crippen MR) is 107 cm³/mol. The van der Waals surface area contributed by atoms with Gasteiger partial charge >= 0.3 is 0 Å². The number of hydrogen-bond donors (Lipinski definition) is 1. The summed E-state index contributed by atoms with van der Waals surface area (Å²) in [6, 6.07) is 5.92. The lowest BCUT2D eigenvalue weighted by atomic mass is 9.99. The highest BCUT2D eigenvalue weighted by molar-refractivity contribution is 8.26. The van der Waals surface area contributed by atoms with Gasteiger partial charge < -0.3 is 10.1 Å². The molecular formula is C19H21NO3S2. The topological polar surface area (TPSA) is 55.4 Å². The molecule has 1 aromatic rings. The molecule has 1 amide bonds. The summed E-state index contributed by atoms with van der Waals surface area (Å²) in [5.74, 6) is 0.842. The number of thioether (sulfide) groups is 1. The van der Waals surface area contributed by atoms with Gasteiger partial charge in [0.15, 0.2) is 12.4 Å². The van der Waals surface area contributed by atoms with E-state index in [1.165, 1.54) is 17.3 Å². The molecule has 0 aliphatic carbocycles. The van der Waals surface area contributed by atoms with Gasteiger partial charge in [-0.1, -0.05) is 56.0 Å². The van der Waals surface area contributed by atoms with E-state index in [0.29, 0.717) is 20.9 Å². The van der Waals surface area contributed by atoms with Crippen LogP contribution in [0.15, 0.2) is 34.8 Å². The van der Waals surface area contributed by atoms with Gasteiger partial charge in [0.05, 0.1) is 4.91 Å². The highest BCUT2D eigenvalue weighted by Crippen LogP contribution is 2.30. The van der Waals surface area contributed by atoms with Gasteiger partial charge in [-0.3, -0.25) is 9.59 Å². The number of thiocarbonyl (C=S) groups is 1. The molecule has 1 N–H and O–H groups in total. The number of benzene rings is 1. The van der Waals surface area contributed by atoms with E-state index >= 15 is 0 Å². The van der Waals surface area contributed by atoms with E-state index in [2.05, 4.69) is 19.2 Å². The summed E-state index contributed by atoms with van der Waals surface area (Å²) >= 11 is 6.28. The molecule has 0 bridgehead atoms. The average molecular weight is 376 g/mol. The summed E-state index contributed by atoms with van der Waals surface area (Å²) in [5.41, 5.74) is 2.86. The lowest BCUT2D eigenvalue weighted by Crippen LogP contribution is -2.18. The Hall–Kier alpha value is -1.92. The molecule has 2 rings (SSSR count). The molecule has 0 saturated carbocycles. The standard InChI is InChI=1S/C19H21NO3S2/c1-11(2)14-7-8-16(23-13(4)10-21)15(9-14)6-5-12(3)17-18(22)20-19(24)25-17/h5-11,13H,1-4H3,(H,20,22,24). The van der Waals surface area contributed by atoms with Crippen LogP contribution in [0.1, 0.15) is 44.7 Å². The zero-order valence-corrected chi connectivity index (χ0v) is 16.3. The van der Waals surface area contributed by atoms with Gasteiger partial charge in [-0.25, -0.2) is 0 Å². The lowest BCUT2D eigenvalue weighted by Gasteiger charge is -2.14. The van der Waals surface area contributed by atoms with Crippen molar-refractivity contribution < 1.29 is 14.3 Å². The first kappa shape index (κ1) is 19.4. The van der Waals surface area contributed by atoms with E-state index in [0.717, 1.165) is 17.4 Å². The molecule has 0 spiro atoms. The van der Waals surface area contributed by atoms with Gasteiger partial charge in [-0.05, 0) is 43.0 Å². The smallest absolute Gasteiger partial charge is 0.263 e. The third-order valence-electron chi connectivity index (χ3n) is 3.69. The average Bonchev–Trinajstić information content (AvgIpc) is 2.91. The Morgan fingerprint density at radius 2 is 2.04 bits per heavy atom. The summed E-state index contributed by atoms with van der Waals surface area (Å²) in [6.45, 7) is 7.80. The molecule has 6 heteroatoms. The quantitative estimate of drug-likeness (QED) is 0.458. The fraction of sp³-hybridized carbons (Fsp3) is 0.316. The van der Waals surface area contributed by atoms with Gasteiger partial charge in [-0.2, -0.15) is 0 Å². The summed E-state index contributed by atoms with van der Waals surface area (Å²) in [4.78, 5) is 23.4. The minimum absolute atomic E-state index is 0.167. The lowest BCUT2D eigenvalue weighted by molar-refractivity contribution is -0.115. The Balaban J connectivity index is 2.36. The van der Waals surface area contributed by atoms with Crippen molar-refractivity contribution in [3.8, 4) is 5.75 Å². The van der Waals surface area contributed by atoms with Gasteiger partial charge in [-0.15, -0.1) is 0 Å². The van der Waals surface area contributed by atoms with E-state index in [4.69, 9.17) is 17.0 Å². The van der Waals surface area contributed by atoms with Crippen LogP contribution < -0.4 is 10.1 Å². The highest BCUT2D eigenvalue weighted by atomic mass is 32.2. The van der Waals surface area contributed by atoms with Gasteiger partial charge in [0.25, 0.3) is 5.91 Å². The van der Waals surface area contributed by atoms with Crippen LogP contribution in [0.2, 0.25) is 0 Å². The van der Waals surface area contributed by atoms with E-state index in [1.807, 2.05) is 37.3 Å². The Labute approximate surface area is 157 Å². The maximum Gasteiger partial charge on any atom is 0.263 e. The Morgan fingerprint density at radius 1 is 1.32 bits per heavy atom. The van der Waals surface area contributed by atoms with Crippen LogP contribution in [0.4, 0.5) is 0 Å². The van der Waals surface area contributed by atoms with Gasteiger partial charge in [0, 0.05) is 5.56 Å².